The second-order valence-electron chi connectivity index (χ2n) is 2.06. The van der Waals surface area contributed by atoms with Crippen LogP contribution in [0.5, 0.6) is 0 Å². The number of rotatable bonds is 2. The van der Waals surface area contributed by atoms with Gasteiger partial charge in [0.15, 0.2) is 4.34 Å². The molecule has 1 rings (SSSR count). The summed E-state index contributed by atoms with van der Waals surface area (Å²) in [5.41, 5.74) is 0. The lowest BCUT2D eigenvalue weighted by Crippen LogP contribution is -2.05. The van der Waals surface area contributed by atoms with Crippen LogP contribution in [0, 0.1) is 0 Å². The second-order valence-corrected chi connectivity index (χ2v) is 4.13. The number of thiazole rings is 1. The molecule has 1 heterocycles. The number of thioether (sulfide) groups is 1. The van der Waals surface area contributed by atoms with Crippen LogP contribution in [0.3, 0.4) is 0 Å². The van der Waals surface area contributed by atoms with Crippen molar-refractivity contribution in [1.82, 2.24) is 4.98 Å². The van der Waals surface area contributed by atoms with Crippen molar-refractivity contribution in [2.45, 2.75) is 4.34 Å². The van der Waals surface area contributed by atoms with Crippen LogP contribution < -0.4 is 4.90 Å². The maximum absolute atomic E-state index is 4.20. The lowest BCUT2D eigenvalue weighted by Gasteiger charge is -2.05. The van der Waals surface area contributed by atoms with Crippen molar-refractivity contribution in [3.05, 3.63) is 6.20 Å². The van der Waals surface area contributed by atoms with Crippen LogP contribution in [-0.4, -0.2) is 25.3 Å². The molecule has 0 aromatic carbocycles. The van der Waals surface area contributed by atoms with Crippen LogP contribution >= 0.6 is 23.1 Å². The Kier molecular flexibility index (Phi) is 2.56. The molecule has 0 aliphatic carbocycles. The van der Waals surface area contributed by atoms with Gasteiger partial charge in [-0.25, -0.2) is 4.98 Å². The van der Waals surface area contributed by atoms with E-state index in [-0.39, 0.29) is 0 Å². The van der Waals surface area contributed by atoms with Crippen LogP contribution in [0.1, 0.15) is 0 Å². The summed E-state index contributed by atoms with van der Waals surface area (Å²) < 4.78 is 1.13. The van der Waals surface area contributed by atoms with Gasteiger partial charge < -0.3 is 4.90 Å². The molecule has 0 N–H and O–H groups in total. The Labute approximate surface area is 69.3 Å². The zero-order chi connectivity index (χ0) is 7.56. The average Bonchev–Trinajstić information content (AvgIpc) is 2.34. The van der Waals surface area contributed by atoms with Crippen molar-refractivity contribution in [2.75, 3.05) is 25.3 Å². The molecule has 0 aliphatic rings. The van der Waals surface area contributed by atoms with Gasteiger partial charge in [0.25, 0.3) is 0 Å². The minimum atomic E-state index is 1.13. The molecular weight excluding hydrogens is 164 g/mol. The van der Waals surface area contributed by atoms with Gasteiger partial charge in [0, 0.05) is 14.1 Å². The van der Waals surface area contributed by atoms with Gasteiger partial charge in [-0.3, -0.25) is 0 Å². The number of hydrogen-bond acceptors (Lipinski definition) is 4. The number of nitrogens with zero attached hydrogens (tertiary/aromatic N) is 2. The highest BCUT2D eigenvalue weighted by Gasteiger charge is 2.00. The maximum atomic E-state index is 4.20. The van der Waals surface area contributed by atoms with E-state index in [0.717, 1.165) is 4.34 Å². The molecule has 0 aliphatic heterocycles. The molecule has 2 nitrogen and oxygen atoms in total. The summed E-state index contributed by atoms with van der Waals surface area (Å²) in [6.07, 6.45) is 3.94. The van der Waals surface area contributed by atoms with E-state index in [1.807, 2.05) is 26.5 Å². The molecule has 0 unspecified atom stereocenters. The summed E-state index contributed by atoms with van der Waals surface area (Å²) in [6.45, 7) is 0. The van der Waals surface area contributed by atoms with E-state index in [2.05, 4.69) is 9.88 Å². The van der Waals surface area contributed by atoms with Crippen molar-refractivity contribution in [3.63, 3.8) is 0 Å². The summed E-state index contributed by atoms with van der Waals surface area (Å²) in [6, 6.07) is 0. The molecule has 0 fully saturated rings. The Bertz CT molecular complexity index is 207. The Balaban J connectivity index is 2.78. The second kappa shape index (κ2) is 3.25. The van der Waals surface area contributed by atoms with Gasteiger partial charge in [-0.15, -0.1) is 0 Å². The summed E-state index contributed by atoms with van der Waals surface area (Å²) >= 11 is 3.41. The molecule has 0 spiro atoms. The van der Waals surface area contributed by atoms with Crippen molar-refractivity contribution in [3.8, 4) is 0 Å². The summed E-state index contributed by atoms with van der Waals surface area (Å²) in [4.78, 5) is 6.26. The van der Waals surface area contributed by atoms with Crippen molar-refractivity contribution < 1.29 is 0 Å². The van der Waals surface area contributed by atoms with E-state index in [1.165, 1.54) is 5.00 Å². The molecule has 0 saturated heterocycles. The summed E-state index contributed by atoms with van der Waals surface area (Å²) in [5, 5.41) is 1.21. The van der Waals surface area contributed by atoms with Gasteiger partial charge >= 0.3 is 0 Å². The van der Waals surface area contributed by atoms with E-state index in [9.17, 15) is 0 Å². The summed E-state index contributed by atoms with van der Waals surface area (Å²) in [5.74, 6) is 0. The minimum Gasteiger partial charge on any atom is -0.368 e. The first-order chi connectivity index (χ1) is 4.74. The molecule has 1 aromatic heterocycles. The van der Waals surface area contributed by atoms with E-state index < -0.39 is 0 Å². The molecular formula is C6H10N2S2. The highest BCUT2D eigenvalue weighted by Crippen LogP contribution is 2.27. The van der Waals surface area contributed by atoms with Gasteiger partial charge in [0.2, 0.25) is 0 Å². The highest BCUT2D eigenvalue weighted by atomic mass is 32.2. The predicted octanol–water partition coefficient (Wildman–Crippen LogP) is 1.93. The van der Waals surface area contributed by atoms with E-state index in [4.69, 9.17) is 0 Å². The van der Waals surface area contributed by atoms with Crippen molar-refractivity contribution in [1.29, 1.82) is 0 Å². The molecule has 4 heteroatoms. The van der Waals surface area contributed by atoms with Gasteiger partial charge in [-0.05, 0) is 6.26 Å². The topological polar surface area (TPSA) is 16.1 Å². The molecule has 0 bridgehead atoms. The zero-order valence-electron chi connectivity index (χ0n) is 6.29. The van der Waals surface area contributed by atoms with E-state index in [0.29, 0.717) is 0 Å². The fraction of sp³-hybridized carbons (Fsp3) is 0.500. The lowest BCUT2D eigenvalue weighted by molar-refractivity contribution is 1.14. The van der Waals surface area contributed by atoms with Crippen molar-refractivity contribution in [2.24, 2.45) is 0 Å². The van der Waals surface area contributed by atoms with Gasteiger partial charge in [-0.1, -0.05) is 23.1 Å². The third kappa shape index (κ3) is 1.64. The monoisotopic (exact) mass is 174 g/mol. The zero-order valence-corrected chi connectivity index (χ0v) is 7.92. The molecule has 10 heavy (non-hydrogen) atoms. The Morgan fingerprint density at radius 3 is 2.60 bits per heavy atom. The molecule has 56 valence electrons. The van der Waals surface area contributed by atoms with Crippen LogP contribution in [0.2, 0.25) is 0 Å². The highest BCUT2D eigenvalue weighted by molar-refractivity contribution is 8.00. The predicted molar refractivity (Wildman–Crippen MR) is 48.2 cm³/mol. The minimum absolute atomic E-state index is 1.13. The molecule has 0 radical (unpaired) electrons. The number of aromatic nitrogens is 1. The van der Waals surface area contributed by atoms with Crippen LogP contribution in [0.15, 0.2) is 10.5 Å². The number of hydrogen-bond donors (Lipinski definition) is 0. The van der Waals surface area contributed by atoms with Gasteiger partial charge in [0.05, 0.1) is 6.20 Å². The average molecular weight is 174 g/mol. The summed E-state index contributed by atoms with van der Waals surface area (Å²) in [7, 11) is 4.05. The Hall–Kier alpha value is -0.220. The quantitative estimate of drug-likeness (QED) is 0.637. The van der Waals surface area contributed by atoms with Gasteiger partial charge in [-0.2, -0.15) is 0 Å². The third-order valence-corrected chi connectivity index (χ3v) is 3.25. The molecule has 0 saturated carbocycles. The first kappa shape index (κ1) is 7.88. The van der Waals surface area contributed by atoms with Crippen LogP contribution in [0.25, 0.3) is 0 Å². The molecule has 0 amide bonds. The van der Waals surface area contributed by atoms with Crippen LogP contribution in [-0.2, 0) is 0 Å². The largest absolute Gasteiger partial charge is 0.368 e. The van der Waals surface area contributed by atoms with E-state index in [1.54, 1.807) is 23.1 Å². The smallest absolute Gasteiger partial charge is 0.151 e. The molecule has 1 aromatic rings. The third-order valence-electron chi connectivity index (χ3n) is 1.09. The fourth-order valence-electron chi connectivity index (χ4n) is 0.551. The van der Waals surface area contributed by atoms with Gasteiger partial charge in [0.1, 0.15) is 5.00 Å². The maximum Gasteiger partial charge on any atom is 0.151 e. The Morgan fingerprint density at radius 1 is 1.60 bits per heavy atom. The standard InChI is InChI=1S/C6H10N2S2/c1-8(2)5-4-7-6(9-3)10-5/h4H,1-3H3. The lowest BCUT2D eigenvalue weighted by atomic mass is 10.7. The van der Waals surface area contributed by atoms with Crippen molar-refractivity contribution >= 4 is 28.1 Å². The van der Waals surface area contributed by atoms with E-state index >= 15 is 0 Å². The Morgan fingerprint density at radius 2 is 2.30 bits per heavy atom. The first-order valence-corrected chi connectivity index (χ1v) is 4.95. The number of anilines is 1. The SMILES string of the molecule is CSc1ncc(N(C)C)s1. The fourth-order valence-corrected chi connectivity index (χ4v) is 1.87. The van der Waals surface area contributed by atoms with Crippen LogP contribution in [0.4, 0.5) is 5.00 Å². The normalized spacial score (nSPS) is 9.90. The molecule has 0 atom stereocenters. The first-order valence-electron chi connectivity index (χ1n) is 2.91.